The van der Waals surface area contributed by atoms with Gasteiger partial charge in [-0.15, -0.1) is 0 Å². The van der Waals surface area contributed by atoms with Crippen molar-refractivity contribution in [1.29, 1.82) is 0 Å². The molecule has 0 aliphatic rings. The number of benzene rings is 1. The number of aryl methyl sites for hydroxylation is 1. The van der Waals surface area contributed by atoms with Crippen LogP contribution in [0.25, 0.3) is 0 Å². The van der Waals surface area contributed by atoms with E-state index in [0.29, 0.717) is 5.56 Å². The maximum absolute atomic E-state index is 13.0. The normalized spacial score (nSPS) is 10.9. The van der Waals surface area contributed by atoms with Crippen LogP contribution in [0, 0.1) is 12.7 Å². The molecule has 0 unspecified atom stereocenters. The first-order chi connectivity index (χ1) is 6.63. The molecular formula is C11H17FN2. The van der Waals surface area contributed by atoms with Crippen LogP contribution in [0.1, 0.15) is 11.1 Å². The van der Waals surface area contributed by atoms with Crippen LogP contribution >= 0.6 is 0 Å². The third-order valence-corrected chi connectivity index (χ3v) is 2.10. The summed E-state index contributed by atoms with van der Waals surface area (Å²) in [7, 11) is 3.93. The number of nitrogens with zero attached hydrogens (tertiary/aromatic N) is 1. The van der Waals surface area contributed by atoms with Gasteiger partial charge in [0.15, 0.2) is 0 Å². The molecule has 0 amide bonds. The molecule has 0 saturated carbocycles. The molecule has 14 heavy (non-hydrogen) atoms. The SMILES string of the molecule is CNCN(C)Cc1ccc(F)c(C)c1. The van der Waals surface area contributed by atoms with Crippen molar-refractivity contribution < 1.29 is 4.39 Å². The fourth-order valence-corrected chi connectivity index (χ4v) is 1.44. The molecular weight excluding hydrogens is 179 g/mol. The first kappa shape index (κ1) is 11.1. The molecule has 0 atom stereocenters. The summed E-state index contributed by atoms with van der Waals surface area (Å²) in [6, 6.07) is 5.24. The Labute approximate surface area is 84.7 Å². The number of hydrogen-bond acceptors (Lipinski definition) is 2. The van der Waals surface area contributed by atoms with Crippen molar-refractivity contribution in [3.8, 4) is 0 Å². The minimum absolute atomic E-state index is 0.134. The van der Waals surface area contributed by atoms with Crippen LogP contribution < -0.4 is 5.32 Å². The minimum Gasteiger partial charge on any atom is -0.307 e. The molecule has 1 aromatic rings. The van der Waals surface area contributed by atoms with Gasteiger partial charge in [-0.1, -0.05) is 12.1 Å². The Morgan fingerprint density at radius 2 is 2.14 bits per heavy atom. The molecule has 78 valence electrons. The highest BCUT2D eigenvalue weighted by molar-refractivity contribution is 5.23. The summed E-state index contributed by atoms with van der Waals surface area (Å²) in [5.41, 5.74) is 1.85. The Kier molecular flexibility index (Phi) is 4.04. The molecule has 0 fully saturated rings. The highest BCUT2D eigenvalue weighted by Gasteiger charge is 2.01. The van der Waals surface area contributed by atoms with E-state index in [1.165, 1.54) is 6.07 Å². The first-order valence-corrected chi connectivity index (χ1v) is 4.71. The van der Waals surface area contributed by atoms with Gasteiger partial charge in [-0.05, 0) is 38.2 Å². The van der Waals surface area contributed by atoms with Gasteiger partial charge in [0.2, 0.25) is 0 Å². The Morgan fingerprint density at radius 3 is 2.71 bits per heavy atom. The van der Waals surface area contributed by atoms with E-state index in [0.717, 1.165) is 18.8 Å². The molecule has 0 aliphatic heterocycles. The van der Waals surface area contributed by atoms with Crippen LogP contribution in [0.5, 0.6) is 0 Å². The summed E-state index contributed by atoms with van der Waals surface area (Å²) in [4.78, 5) is 2.13. The summed E-state index contributed by atoms with van der Waals surface area (Å²) >= 11 is 0. The highest BCUT2D eigenvalue weighted by atomic mass is 19.1. The number of nitrogens with one attached hydrogen (secondary N) is 1. The second kappa shape index (κ2) is 5.08. The minimum atomic E-state index is -0.134. The Balaban J connectivity index is 2.63. The fraction of sp³-hybridized carbons (Fsp3) is 0.455. The van der Waals surface area contributed by atoms with E-state index in [4.69, 9.17) is 0 Å². The van der Waals surface area contributed by atoms with Gasteiger partial charge >= 0.3 is 0 Å². The zero-order valence-corrected chi connectivity index (χ0v) is 8.97. The van der Waals surface area contributed by atoms with Crippen molar-refractivity contribution in [3.63, 3.8) is 0 Å². The third kappa shape index (κ3) is 3.09. The fourth-order valence-electron chi connectivity index (χ4n) is 1.44. The van der Waals surface area contributed by atoms with Crippen LogP contribution in [0.4, 0.5) is 4.39 Å². The molecule has 0 aliphatic carbocycles. The molecule has 1 rings (SSSR count). The van der Waals surface area contributed by atoms with Gasteiger partial charge in [0, 0.05) is 13.2 Å². The predicted octanol–water partition coefficient (Wildman–Crippen LogP) is 1.74. The van der Waals surface area contributed by atoms with Crippen LogP contribution in [0.15, 0.2) is 18.2 Å². The number of rotatable bonds is 4. The summed E-state index contributed by atoms with van der Waals surface area (Å²) in [6.45, 7) is 3.45. The van der Waals surface area contributed by atoms with Gasteiger partial charge in [0.05, 0.1) is 0 Å². The van der Waals surface area contributed by atoms with Gasteiger partial charge in [-0.25, -0.2) is 4.39 Å². The lowest BCUT2D eigenvalue weighted by atomic mass is 10.1. The zero-order chi connectivity index (χ0) is 10.6. The molecule has 1 N–H and O–H groups in total. The molecule has 3 heteroatoms. The van der Waals surface area contributed by atoms with Gasteiger partial charge < -0.3 is 5.32 Å². The quantitative estimate of drug-likeness (QED) is 0.738. The standard InChI is InChI=1S/C11H17FN2/c1-9-6-10(4-5-11(9)12)7-14(3)8-13-2/h4-6,13H,7-8H2,1-3H3. The summed E-state index contributed by atoms with van der Waals surface area (Å²) < 4.78 is 13.0. The topological polar surface area (TPSA) is 15.3 Å². The molecule has 1 aromatic carbocycles. The van der Waals surface area contributed by atoms with Crippen LogP contribution in [0.3, 0.4) is 0 Å². The summed E-state index contributed by atoms with van der Waals surface area (Å²) in [6.07, 6.45) is 0. The predicted molar refractivity (Wildman–Crippen MR) is 56.5 cm³/mol. The largest absolute Gasteiger partial charge is 0.307 e. The van der Waals surface area contributed by atoms with E-state index in [1.54, 1.807) is 6.92 Å². The lowest BCUT2D eigenvalue weighted by Gasteiger charge is -2.16. The summed E-state index contributed by atoms with van der Waals surface area (Å²) in [5.74, 6) is -0.134. The van der Waals surface area contributed by atoms with Gasteiger partial charge in [-0.3, -0.25) is 4.90 Å². The van der Waals surface area contributed by atoms with E-state index in [-0.39, 0.29) is 5.82 Å². The van der Waals surface area contributed by atoms with Gasteiger partial charge in [0.25, 0.3) is 0 Å². The second-order valence-corrected chi connectivity index (χ2v) is 3.61. The van der Waals surface area contributed by atoms with Crippen LogP contribution in [0.2, 0.25) is 0 Å². The van der Waals surface area contributed by atoms with E-state index in [1.807, 2.05) is 26.2 Å². The van der Waals surface area contributed by atoms with E-state index in [2.05, 4.69) is 10.2 Å². The molecule has 0 spiro atoms. The van der Waals surface area contributed by atoms with Crippen molar-refractivity contribution in [2.75, 3.05) is 20.8 Å². The van der Waals surface area contributed by atoms with Gasteiger partial charge in [0.1, 0.15) is 5.82 Å². The number of hydrogen-bond donors (Lipinski definition) is 1. The smallest absolute Gasteiger partial charge is 0.126 e. The third-order valence-electron chi connectivity index (χ3n) is 2.10. The Hall–Kier alpha value is -0.930. The lowest BCUT2D eigenvalue weighted by molar-refractivity contribution is 0.309. The zero-order valence-electron chi connectivity index (χ0n) is 8.97. The van der Waals surface area contributed by atoms with E-state index in [9.17, 15) is 4.39 Å². The molecule has 0 radical (unpaired) electrons. The van der Waals surface area contributed by atoms with Crippen molar-refractivity contribution >= 4 is 0 Å². The molecule has 2 nitrogen and oxygen atoms in total. The lowest BCUT2D eigenvalue weighted by Crippen LogP contribution is -2.28. The summed E-state index contributed by atoms with van der Waals surface area (Å²) in [5, 5.41) is 3.07. The molecule has 0 bridgehead atoms. The van der Waals surface area contributed by atoms with E-state index < -0.39 is 0 Å². The van der Waals surface area contributed by atoms with Crippen molar-refractivity contribution in [3.05, 3.63) is 35.1 Å². The van der Waals surface area contributed by atoms with Crippen LogP contribution in [-0.2, 0) is 6.54 Å². The van der Waals surface area contributed by atoms with Crippen molar-refractivity contribution in [2.24, 2.45) is 0 Å². The second-order valence-electron chi connectivity index (χ2n) is 3.61. The van der Waals surface area contributed by atoms with Crippen LogP contribution in [-0.4, -0.2) is 25.7 Å². The molecule has 0 heterocycles. The highest BCUT2D eigenvalue weighted by Crippen LogP contribution is 2.10. The van der Waals surface area contributed by atoms with Crippen molar-refractivity contribution in [2.45, 2.75) is 13.5 Å². The average molecular weight is 196 g/mol. The Morgan fingerprint density at radius 1 is 1.43 bits per heavy atom. The first-order valence-electron chi connectivity index (χ1n) is 4.71. The Bertz CT molecular complexity index is 299. The number of halogens is 1. The monoisotopic (exact) mass is 196 g/mol. The maximum Gasteiger partial charge on any atom is 0.126 e. The molecule has 0 saturated heterocycles. The molecule has 0 aromatic heterocycles. The maximum atomic E-state index is 13.0. The van der Waals surface area contributed by atoms with E-state index >= 15 is 0 Å². The van der Waals surface area contributed by atoms with Gasteiger partial charge in [-0.2, -0.15) is 0 Å². The van der Waals surface area contributed by atoms with Crippen molar-refractivity contribution in [1.82, 2.24) is 10.2 Å². The average Bonchev–Trinajstić information content (AvgIpc) is 2.12.